The molecule has 7 nitrogen and oxygen atoms in total. The van der Waals surface area contributed by atoms with Crippen molar-refractivity contribution in [1.82, 2.24) is 19.7 Å². The number of anilines is 1. The van der Waals surface area contributed by atoms with E-state index in [1.165, 1.54) is 11.8 Å². The summed E-state index contributed by atoms with van der Waals surface area (Å²) in [6.07, 6.45) is 3.29. The summed E-state index contributed by atoms with van der Waals surface area (Å²) in [6.45, 7) is 1.86. The molecule has 0 spiro atoms. The van der Waals surface area contributed by atoms with E-state index >= 15 is 0 Å². The zero-order valence-electron chi connectivity index (χ0n) is 18.3. The Morgan fingerprint density at radius 3 is 2.65 bits per heavy atom. The lowest BCUT2D eigenvalue weighted by Gasteiger charge is -2.30. The molecular formula is C25H21ClN6OS. The van der Waals surface area contributed by atoms with E-state index in [0.717, 1.165) is 11.1 Å². The van der Waals surface area contributed by atoms with Gasteiger partial charge in [0.1, 0.15) is 5.92 Å². The fourth-order valence-electron chi connectivity index (χ4n) is 3.95. The van der Waals surface area contributed by atoms with Gasteiger partial charge >= 0.3 is 0 Å². The van der Waals surface area contributed by atoms with Crippen LogP contribution < -0.4 is 5.32 Å². The van der Waals surface area contributed by atoms with Crippen LogP contribution in [0.4, 0.5) is 11.6 Å². The lowest BCUT2D eigenvalue weighted by Crippen LogP contribution is -2.39. The molecule has 0 bridgehead atoms. The molecule has 3 heterocycles. The Morgan fingerprint density at radius 2 is 1.88 bits per heavy atom. The molecule has 2 aromatic heterocycles. The summed E-state index contributed by atoms with van der Waals surface area (Å²) < 4.78 is 1.75. The van der Waals surface area contributed by atoms with Crippen molar-refractivity contribution in [2.24, 2.45) is 10.9 Å². The van der Waals surface area contributed by atoms with E-state index in [0.29, 0.717) is 33.3 Å². The molecule has 1 amide bonds. The van der Waals surface area contributed by atoms with E-state index in [9.17, 15) is 4.79 Å². The third-order valence-electron chi connectivity index (χ3n) is 5.57. The highest BCUT2D eigenvalue weighted by Crippen LogP contribution is 2.37. The van der Waals surface area contributed by atoms with Crippen LogP contribution in [0.1, 0.15) is 24.1 Å². The number of nitrogens with zero attached hydrogens (tertiary/aromatic N) is 5. The number of amides is 1. The van der Waals surface area contributed by atoms with Crippen molar-refractivity contribution in [1.29, 1.82) is 0 Å². The van der Waals surface area contributed by atoms with Crippen molar-refractivity contribution in [3.8, 4) is 0 Å². The predicted octanol–water partition coefficient (Wildman–Crippen LogP) is 5.57. The largest absolute Gasteiger partial charge is 0.324 e. The van der Waals surface area contributed by atoms with Crippen LogP contribution >= 0.6 is 23.4 Å². The predicted molar refractivity (Wildman–Crippen MR) is 135 cm³/mol. The van der Waals surface area contributed by atoms with Crippen LogP contribution in [0, 0.1) is 5.92 Å². The van der Waals surface area contributed by atoms with Gasteiger partial charge in [0.25, 0.3) is 0 Å². The van der Waals surface area contributed by atoms with Gasteiger partial charge in [-0.1, -0.05) is 71.9 Å². The zero-order chi connectivity index (χ0) is 23.5. The molecular weight excluding hydrogens is 468 g/mol. The molecule has 4 aromatic rings. The minimum Gasteiger partial charge on any atom is -0.324 e. The molecule has 0 aliphatic carbocycles. The summed E-state index contributed by atoms with van der Waals surface area (Å²) in [7, 11) is 0. The lowest BCUT2D eigenvalue weighted by molar-refractivity contribution is -0.118. The zero-order valence-corrected chi connectivity index (χ0v) is 19.9. The van der Waals surface area contributed by atoms with Crippen LogP contribution in [-0.4, -0.2) is 31.4 Å². The normalized spacial score (nSPS) is 17.1. The summed E-state index contributed by atoms with van der Waals surface area (Å²) in [4.78, 5) is 26.8. The number of carbonyl (C=O) groups excluding carboxylic acids is 1. The Hall–Kier alpha value is -3.49. The fraction of sp³-hybridized carbons (Fsp3) is 0.160. The maximum atomic E-state index is 13.4. The average Bonchev–Trinajstić information content (AvgIpc) is 3.26. The first-order chi connectivity index (χ1) is 16.6. The average molecular weight is 489 g/mol. The van der Waals surface area contributed by atoms with E-state index in [1.807, 2.05) is 67.6 Å². The number of nitrogens with one attached hydrogen (secondary N) is 1. The summed E-state index contributed by atoms with van der Waals surface area (Å²) in [6, 6.07) is 20.8. The van der Waals surface area contributed by atoms with Gasteiger partial charge in [0.2, 0.25) is 17.0 Å². The number of pyridine rings is 1. The molecule has 2 unspecified atom stereocenters. The van der Waals surface area contributed by atoms with Crippen LogP contribution in [0.15, 0.2) is 89.3 Å². The number of halogens is 1. The Balaban J connectivity index is 1.48. The topological polar surface area (TPSA) is 85.1 Å². The molecule has 0 saturated carbocycles. The van der Waals surface area contributed by atoms with Gasteiger partial charge in [-0.15, -0.1) is 5.10 Å². The number of hydrogen-bond donors (Lipinski definition) is 1. The molecule has 1 aliphatic heterocycles. The van der Waals surface area contributed by atoms with E-state index in [2.05, 4.69) is 20.3 Å². The highest BCUT2D eigenvalue weighted by molar-refractivity contribution is 7.98. The van der Waals surface area contributed by atoms with Gasteiger partial charge in [0, 0.05) is 22.7 Å². The molecule has 1 N–H and O–H groups in total. The molecule has 170 valence electrons. The first-order valence-electron chi connectivity index (χ1n) is 10.7. The maximum absolute atomic E-state index is 13.4. The van der Waals surface area contributed by atoms with Crippen LogP contribution in [0.2, 0.25) is 5.02 Å². The van der Waals surface area contributed by atoms with Crippen LogP contribution in [0.25, 0.3) is 0 Å². The third-order valence-corrected chi connectivity index (χ3v) is 6.82. The number of benzene rings is 2. The Kier molecular flexibility index (Phi) is 6.42. The van der Waals surface area contributed by atoms with Gasteiger partial charge in [-0.05, 0) is 36.2 Å². The number of aromatic nitrogens is 4. The van der Waals surface area contributed by atoms with Crippen LogP contribution in [-0.2, 0) is 10.5 Å². The Morgan fingerprint density at radius 1 is 1.09 bits per heavy atom. The van der Waals surface area contributed by atoms with Gasteiger partial charge in [0.15, 0.2) is 0 Å². The van der Waals surface area contributed by atoms with Gasteiger partial charge in [0.05, 0.1) is 17.9 Å². The SMILES string of the molecule is CC1=Nc2nc(SCc3ccccc3Cl)nn2C(c2ccccc2)C1C(=O)Nc1cccnc1. The van der Waals surface area contributed by atoms with Gasteiger partial charge < -0.3 is 5.32 Å². The van der Waals surface area contributed by atoms with E-state index < -0.39 is 5.92 Å². The quantitative estimate of drug-likeness (QED) is 0.359. The molecule has 0 radical (unpaired) electrons. The molecule has 2 atom stereocenters. The van der Waals surface area contributed by atoms with Crippen molar-refractivity contribution in [2.75, 3.05) is 5.32 Å². The van der Waals surface area contributed by atoms with Crippen molar-refractivity contribution < 1.29 is 4.79 Å². The highest BCUT2D eigenvalue weighted by Gasteiger charge is 2.39. The van der Waals surface area contributed by atoms with E-state index in [4.69, 9.17) is 16.7 Å². The summed E-state index contributed by atoms with van der Waals surface area (Å²) in [5.74, 6) is 0.387. The minimum atomic E-state index is -0.557. The fourth-order valence-corrected chi connectivity index (χ4v) is 5.06. The minimum absolute atomic E-state index is 0.172. The number of aliphatic imine (C=N–C) groups is 1. The summed E-state index contributed by atoms with van der Waals surface area (Å²) >= 11 is 7.79. The Bertz CT molecular complexity index is 1340. The van der Waals surface area contributed by atoms with E-state index in [1.54, 1.807) is 23.1 Å². The molecule has 5 rings (SSSR count). The molecule has 0 fully saturated rings. The number of fused-ring (bicyclic) bond motifs is 1. The maximum Gasteiger partial charge on any atom is 0.249 e. The second kappa shape index (κ2) is 9.79. The second-order valence-electron chi connectivity index (χ2n) is 7.84. The monoisotopic (exact) mass is 488 g/mol. The molecule has 0 saturated heterocycles. The van der Waals surface area contributed by atoms with Gasteiger partial charge in [-0.25, -0.2) is 9.67 Å². The van der Waals surface area contributed by atoms with Crippen molar-refractivity contribution in [3.05, 3.63) is 95.3 Å². The number of thioether (sulfide) groups is 1. The second-order valence-corrected chi connectivity index (χ2v) is 9.19. The number of hydrogen-bond acceptors (Lipinski definition) is 6. The highest BCUT2D eigenvalue weighted by atomic mass is 35.5. The summed E-state index contributed by atoms with van der Waals surface area (Å²) in [5, 5.41) is 9.02. The Labute approximate surface area is 206 Å². The van der Waals surface area contributed by atoms with Gasteiger partial charge in [-0.3, -0.25) is 9.78 Å². The molecule has 34 heavy (non-hydrogen) atoms. The summed E-state index contributed by atoms with van der Waals surface area (Å²) in [5.41, 5.74) is 3.28. The van der Waals surface area contributed by atoms with Crippen LogP contribution in [0.5, 0.6) is 0 Å². The number of carbonyl (C=O) groups is 1. The van der Waals surface area contributed by atoms with Crippen molar-refractivity contribution in [3.63, 3.8) is 0 Å². The first kappa shape index (κ1) is 22.3. The van der Waals surface area contributed by atoms with Crippen molar-refractivity contribution >= 4 is 46.6 Å². The van der Waals surface area contributed by atoms with Crippen LogP contribution in [0.3, 0.4) is 0 Å². The molecule has 2 aromatic carbocycles. The number of rotatable bonds is 6. The molecule has 1 aliphatic rings. The smallest absolute Gasteiger partial charge is 0.249 e. The first-order valence-corrected chi connectivity index (χ1v) is 12.1. The van der Waals surface area contributed by atoms with E-state index in [-0.39, 0.29) is 11.9 Å². The molecule has 9 heteroatoms. The third kappa shape index (κ3) is 4.60. The van der Waals surface area contributed by atoms with Gasteiger partial charge in [-0.2, -0.15) is 4.98 Å². The lowest BCUT2D eigenvalue weighted by atomic mass is 9.87. The van der Waals surface area contributed by atoms with Crippen molar-refractivity contribution in [2.45, 2.75) is 23.9 Å². The standard InChI is InChI=1S/C25H21ClN6OS/c1-16-21(23(33)29-19-11-7-13-27-14-19)22(17-8-3-2-4-9-17)32-24(28-16)30-25(31-32)34-15-18-10-5-6-12-20(18)26/h2-14,21-22H,15H2,1H3,(H,29,33).